The third-order valence-electron chi connectivity index (χ3n) is 4.50. The van der Waals surface area contributed by atoms with E-state index in [1.54, 1.807) is 18.3 Å². The maximum Gasteiger partial charge on any atom is 0.268 e. The SMILES string of the molecule is CC(C)[C@@H](C=O)NC(=O)C1(NC(=O)c2ccc[nH]2)CCCCC1. The molecule has 1 aromatic rings. The lowest BCUT2D eigenvalue weighted by atomic mass is 9.80. The number of hydrogen-bond acceptors (Lipinski definition) is 3. The predicted molar refractivity (Wildman–Crippen MR) is 86.9 cm³/mol. The Balaban J connectivity index is 2.16. The van der Waals surface area contributed by atoms with Gasteiger partial charge in [-0.1, -0.05) is 33.1 Å². The Bertz CT molecular complexity index is 545. The Morgan fingerprint density at radius 3 is 2.48 bits per heavy atom. The molecule has 1 aliphatic rings. The Kier molecular flexibility index (Phi) is 5.58. The van der Waals surface area contributed by atoms with Crippen molar-refractivity contribution in [2.75, 3.05) is 0 Å². The number of H-pyrrole nitrogens is 1. The number of carbonyl (C=O) groups is 3. The molecule has 126 valence electrons. The van der Waals surface area contributed by atoms with Crippen LogP contribution in [0.4, 0.5) is 0 Å². The van der Waals surface area contributed by atoms with Gasteiger partial charge >= 0.3 is 0 Å². The lowest BCUT2D eigenvalue weighted by molar-refractivity contribution is -0.131. The lowest BCUT2D eigenvalue weighted by Gasteiger charge is -2.37. The summed E-state index contributed by atoms with van der Waals surface area (Å²) in [5.41, 5.74) is -0.505. The van der Waals surface area contributed by atoms with Gasteiger partial charge < -0.3 is 20.4 Å². The van der Waals surface area contributed by atoms with E-state index in [-0.39, 0.29) is 17.7 Å². The number of rotatable bonds is 6. The first kappa shape index (κ1) is 17.2. The summed E-state index contributed by atoms with van der Waals surface area (Å²) in [6, 6.07) is 2.87. The standard InChI is InChI=1S/C17H25N3O3/c1-12(2)14(11-21)19-16(23)17(8-4-3-5-9-17)20-15(22)13-7-6-10-18-13/h6-7,10-12,14,18H,3-5,8-9H2,1-2H3,(H,19,23)(H,20,22)/t14-/m1/s1. The van der Waals surface area contributed by atoms with Gasteiger partial charge in [-0.3, -0.25) is 9.59 Å². The quantitative estimate of drug-likeness (QED) is 0.698. The minimum Gasteiger partial charge on any atom is -0.357 e. The molecule has 0 aromatic carbocycles. The molecule has 2 amide bonds. The van der Waals surface area contributed by atoms with Gasteiger partial charge in [0, 0.05) is 6.20 Å². The number of aromatic amines is 1. The molecule has 6 nitrogen and oxygen atoms in total. The van der Waals surface area contributed by atoms with E-state index >= 15 is 0 Å². The first-order chi connectivity index (χ1) is 11.0. The van der Waals surface area contributed by atoms with Gasteiger partial charge in [-0.05, 0) is 30.9 Å². The van der Waals surface area contributed by atoms with Crippen LogP contribution in [0.1, 0.15) is 56.4 Å². The molecule has 0 unspecified atom stereocenters. The van der Waals surface area contributed by atoms with Crippen LogP contribution in [0.5, 0.6) is 0 Å². The fourth-order valence-electron chi connectivity index (χ4n) is 2.97. The average molecular weight is 319 g/mol. The van der Waals surface area contributed by atoms with Gasteiger partial charge in [0.1, 0.15) is 17.5 Å². The largest absolute Gasteiger partial charge is 0.357 e. The second kappa shape index (κ2) is 7.44. The number of hydrogen-bond donors (Lipinski definition) is 3. The van der Waals surface area contributed by atoms with E-state index in [2.05, 4.69) is 15.6 Å². The van der Waals surface area contributed by atoms with Crippen molar-refractivity contribution in [3.63, 3.8) is 0 Å². The van der Waals surface area contributed by atoms with Gasteiger partial charge in [-0.15, -0.1) is 0 Å². The number of nitrogens with one attached hydrogen (secondary N) is 3. The van der Waals surface area contributed by atoms with E-state index in [1.165, 1.54) is 0 Å². The van der Waals surface area contributed by atoms with Crippen LogP contribution in [0.2, 0.25) is 0 Å². The van der Waals surface area contributed by atoms with Gasteiger partial charge in [0.05, 0.1) is 6.04 Å². The summed E-state index contributed by atoms with van der Waals surface area (Å²) in [4.78, 5) is 39.2. The summed E-state index contributed by atoms with van der Waals surface area (Å²) in [5, 5.41) is 5.70. The molecule has 6 heteroatoms. The molecule has 0 radical (unpaired) electrons. The zero-order valence-corrected chi connectivity index (χ0v) is 13.7. The summed E-state index contributed by atoms with van der Waals surface area (Å²) in [5.74, 6) is -0.543. The Labute approximate surface area is 136 Å². The van der Waals surface area contributed by atoms with Gasteiger partial charge in [-0.25, -0.2) is 0 Å². The van der Waals surface area contributed by atoms with Crippen molar-refractivity contribution in [2.24, 2.45) is 5.92 Å². The van der Waals surface area contributed by atoms with E-state index in [1.807, 2.05) is 13.8 Å². The minimum atomic E-state index is -0.934. The maximum atomic E-state index is 12.8. The summed E-state index contributed by atoms with van der Waals surface area (Å²) < 4.78 is 0. The molecule has 1 fully saturated rings. The topological polar surface area (TPSA) is 91.1 Å². The summed E-state index contributed by atoms with van der Waals surface area (Å²) in [6.07, 6.45) is 6.42. The molecule has 1 aromatic heterocycles. The van der Waals surface area contributed by atoms with Crippen LogP contribution < -0.4 is 10.6 Å². The maximum absolute atomic E-state index is 12.8. The molecule has 23 heavy (non-hydrogen) atoms. The lowest BCUT2D eigenvalue weighted by Crippen LogP contribution is -2.61. The predicted octanol–water partition coefficient (Wildman–Crippen LogP) is 1.79. The molecule has 0 saturated heterocycles. The van der Waals surface area contributed by atoms with Crippen molar-refractivity contribution in [3.05, 3.63) is 24.0 Å². The van der Waals surface area contributed by atoms with Gasteiger partial charge in [0.25, 0.3) is 5.91 Å². The molecule has 1 atom stereocenters. The highest BCUT2D eigenvalue weighted by atomic mass is 16.2. The van der Waals surface area contributed by atoms with Crippen molar-refractivity contribution < 1.29 is 14.4 Å². The zero-order chi connectivity index (χ0) is 16.9. The first-order valence-corrected chi connectivity index (χ1v) is 8.21. The van der Waals surface area contributed by atoms with Crippen molar-refractivity contribution >= 4 is 18.1 Å². The average Bonchev–Trinajstić information content (AvgIpc) is 3.07. The number of carbonyl (C=O) groups excluding carboxylic acids is 3. The molecule has 0 spiro atoms. The normalized spacial score (nSPS) is 18.2. The van der Waals surface area contributed by atoms with Crippen molar-refractivity contribution in [1.82, 2.24) is 15.6 Å². The van der Waals surface area contributed by atoms with E-state index in [9.17, 15) is 14.4 Å². The van der Waals surface area contributed by atoms with Crippen LogP contribution in [0.25, 0.3) is 0 Å². The second-order valence-corrected chi connectivity index (χ2v) is 6.56. The molecule has 2 rings (SSSR count). The van der Waals surface area contributed by atoms with Crippen LogP contribution in [-0.2, 0) is 9.59 Å². The van der Waals surface area contributed by atoms with Crippen molar-refractivity contribution in [1.29, 1.82) is 0 Å². The molecule has 1 heterocycles. The van der Waals surface area contributed by atoms with E-state index in [4.69, 9.17) is 0 Å². The highest BCUT2D eigenvalue weighted by molar-refractivity contribution is 5.98. The third kappa shape index (κ3) is 4.00. The second-order valence-electron chi connectivity index (χ2n) is 6.56. The van der Waals surface area contributed by atoms with Gasteiger partial charge in [-0.2, -0.15) is 0 Å². The fraction of sp³-hybridized carbons (Fsp3) is 0.588. The van der Waals surface area contributed by atoms with E-state index in [0.717, 1.165) is 25.5 Å². The van der Waals surface area contributed by atoms with Crippen molar-refractivity contribution in [2.45, 2.75) is 57.5 Å². The number of amides is 2. The molecular weight excluding hydrogens is 294 g/mol. The Morgan fingerprint density at radius 2 is 1.96 bits per heavy atom. The molecule has 1 saturated carbocycles. The fourth-order valence-corrected chi connectivity index (χ4v) is 2.97. The van der Waals surface area contributed by atoms with Gasteiger partial charge in [0.15, 0.2) is 0 Å². The summed E-state index contributed by atoms with van der Waals surface area (Å²) in [7, 11) is 0. The molecule has 0 bridgehead atoms. The van der Waals surface area contributed by atoms with Crippen molar-refractivity contribution in [3.8, 4) is 0 Å². The molecule has 3 N–H and O–H groups in total. The Morgan fingerprint density at radius 1 is 1.26 bits per heavy atom. The highest BCUT2D eigenvalue weighted by Gasteiger charge is 2.42. The Hall–Kier alpha value is -2.11. The molecule has 0 aliphatic heterocycles. The van der Waals surface area contributed by atoms with Crippen LogP contribution in [0.3, 0.4) is 0 Å². The van der Waals surface area contributed by atoms with Gasteiger partial charge in [0.2, 0.25) is 5.91 Å². The van der Waals surface area contributed by atoms with E-state index < -0.39 is 11.6 Å². The van der Waals surface area contributed by atoms with E-state index in [0.29, 0.717) is 18.5 Å². The monoisotopic (exact) mass is 319 g/mol. The van der Waals surface area contributed by atoms with Crippen LogP contribution in [-0.4, -0.2) is 34.7 Å². The van der Waals surface area contributed by atoms with Crippen LogP contribution in [0, 0.1) is 5.92 Å². The smallest absolute Gasteiger partial charge is 0.268 e. The molecular formula is C17H25N3O3. The van der Waals surface area contributed by atoms with Crippen LogP contribution in [0.15, 0.2) is 18.3 Å². The minimum absolute atomic E-state index is 0.0104. The third-order valence-corrected chi connectivity index (χ3v) is 4.50. The zero-order valence-electron chi connectivity index (χ0n) is 13.7. The van der Waals surface area contributed by atoms with Crippen LogP contribution >= 0.6 is 0 Å². The molecule has 1 aliphatic carbocycles. The summed E-state index contributed by atoms with van der Waals surface area (Å²) in [6.45, 7) is 3.76. The highest BCUT2D eigenvalue weighted by Crippen LogP contribution is 2.29. The number of aldehydes is 1. The summed E-state index contributed by atoms with van der Waals surface area (Å²) >= 11 is 0. The first-order valence-electron chi connectivity index (χ1n) is 8.21. The number of aromatic nitrogens is 1.